The molecule has 0 unspecified atom stereocenters. The Hall–Kier alpha value is -1.28. The molecule has 0 aliphatic rings. The number of aryl methyl sites for hydroxylation is 2. The number of halogens is 1. The van der Waals surface area contributed by atoms with E-state index < -0.39 is 0 Å². The topological polar surface area (TPSA) is 17.8 Å². The van der Waals surface area contributed by atoms with Crippen LogP contribution in [0.15, 0.2) is 24.4 Å². The van der Waals surface area contributed by atoms with E-state index in [4.69, 9.17) is 11.6 Å². The van der Waals surface area contributed by atoms with Gasteiger partial charge in [0.1, 0.15) is 0 Å². The molecule has 0 N–H and O–H groups in total. The molecule has 0 spiro atoms. The van der Waals surface area contributed by atoms with Crippen LogP contribution in [-0.4, -0.2) is 9.78 Å². The Balaban J connectivity index is 2.59. The van der Waals surface area contributed by atoms with Crippen LogP contribution in [-0.2, 0) is 7.05 Å². The van der Waals surface area contributed by atoms with Crippen molar-refractivity contribution < 1.29 is 0 Å². The fourth-order valence-corrected chi connectivity index (χ4v) is 1.92. The van der Waals surface area contributed by atoms with E-state index in [-0.39, 0.29) is 0 Å². The molecule has 15 heavy (non-hydrogen) atoms. The van der Waals surface area contributed by atoms with Crippen molar-refractivity contribution in [3.05, 3.63) is 40.7 Å². The van der Waals surface area contributed by atoms with Crippen molar-refractivity contribution in [1.29, 1.82) is 0 Å². The van der Waals surface area contributed by atoms with Gasteiger partial charge in [0.2, 0.25) is 0 Å². The SMILES string of the molecule is Cc1cc(Cl)ccc1-c1cnn(C)c1C. The third kappa shape index (κ3) is 1.77. The molecule has 1 aromatic carbocycles. The first-order valence-electron chi connectivity index (χ1n) is 4.84. The zero-order chi connectivity index (χ0) is 11.0. The maximum atomic E-state index is 5.93. The summed E-state index contributed by atoms with van der Waals surface area (Å²) in [5.74, 6) is 0. The lowest BCUT2D eigenvalue weighted by atomic mass is 10.0. The minimum atomic E-state index is 0.776. The van der Waals surface area contributed by atoms with Crippen molar-refractivity contribution in [2.75, 3.05) is 0 Å². The van der Waals surface area contributed by atoms with Crippen LogP contribution < -0.4 is 0 Å². The van der Waals surface area contributed by atoms with E-state index in [0.29, 0.717) is 0 Å². The quantitative estimate of drug-likeness (QED) is 0.721. The van der Waals surface area contributed by atoms with Crippen LogP contribution in [0.2, 0.25) is 5.02 Å². The minimum Gasteiger partial charge on any atom is -0.272 e. The summed E-state index contributed by atoms with van der Waals surface area (Å²) in [6.07, 6.45) is 1.89. The van der Waals surface area contributed by atoms with E-state index in [9.17, 15) is 0 Å². The van der Waals surface area contributed by atoms with Crippen molar-refractivity contribution in [2.24, 2.45) is 7.05 Å². The third-order valence-corrected chi connectivity index (χ3v) is 2.95. The number of hydrogen-bond donors (Lipinski definition) is 0. The van der Waals surface area contributed by atoms with E-state index in [1.54, 1.807) is 0 Å². The van der Waals surface area contributed by atoms with Crippen LogP contribution >= 0.6 is 11.6 Å². The molecule has 0 atom stereocenters. The summed E-state index contributed by atoms with van der Waals surface area (Å²) in [5, 5.41) is 5.02. The maximum Gasteiger partial charge on any atom is 0.0571 e. The molecule has 0 fully saturated rings. The number of rotatable bonds is 1. The van der Waals surface area contributed by atoms with E-state index in [1.807, 2.05) is 36.1 Å². The predicted octanol–water partition coefficient (Wildman–Crippen LogP) is 3.36. The van der Waals surface area contributed by atoms with Crippen molar-refractivity contribution in [2.45, 2.75) is 13.8 Å². The van der Waals surface area contributed by atoms with Gasteiger partial charge < -0.3 is 0 Å². The largest absolute Gasteiger partial charge is 0.272 e. The molecule has 0 saturated carbocycles. The maximum absolute atomic E-state index is 5.93. The summed E-state index contributed by atoms with van der Waals surface area (Å²) in [7, 11) is 1.95. The Kier molecular flexibility index (Phi) is 2.53. The highest BCUT2D eigenvalue weighted by Gasteiger charge is 2.08. The molecule has 1 aromatic heterocycles. The highest BCUT2D eigenvalue weighted by Crippen LogP contribution is 2.27. The number of nitrogens with zero attached hydrogens (tertiary/aromatic N) is 2. The van der Waals surface area contributed by atoms with E-state index in [0.717, 1.165) is 5.02 Å². The van der Waals surface area contributed by atoms with Crippen LogP contribution in [0, 0.1) is 13.8 Å². The summed E-state index contributed by atoms with van der Waals surface area (Å²) in [4.78, 5) is 0. The highest BCUT2D eigenvalue weighted by molar-refractivity contribution is 6.30. The Morgan fingerprint density at radius 2 is 1.93 bits per heavy atom. The lowest BCUT2D eigenvalue weighted by molar-refractivity contribution is 0.740. The third-order valence-electron chi connectivity index (χ3n) is 2.71. The lowest BCUT2D eigenvalue weighted by Crippen LogP contribution is -1.93. The van der Waals surface area contributed by atoms with Gasteiger partial charge in [-0.1, -0.05) is 17.7 Å². The van der Waals surface area contributed by atoms with Crippen molar-refractivity contribution in [1.82, 2.24) is 9.78 Å². The van der Waals surface area contributed by atoms with Crippen molar-refractivity contribution in [3.63, 3.8) is 0 Å². The minimum absolute atomic E-state index is 0.776. The van der Waals surface area contributed by atoms with Gasteiger partial charge in [-0.3, -0.25) is 4.68 Å². The van der Waals surface area contributed by atoms with Gasteiger partial charge in [0.25, 0.3) is 0 Å². The van der Waals surface area contributed by atoms with Crippen LogP contribution in [0.4, 0.5) is 0 Å². The van der Waals surface area contributed by atoms with Gasteiger partial charge in [0, 0.05) is 23.3 Å². The molecular weight excluding hydrogens is 208 g/mol. The van der Waals surface area contributed by atoms with Crippen LogP contribution in [0.1, 0.15) is 11.3 Å². The fourth-order valence-electron chi connectivity index (χ4n) is 1.69. The lowest BCUT2D eigenvalue weighted by Gasteiger charge is -2.05. The average molecular weight is 221 g/mol. The number of aromatic nitrogens is 2. The predicted molar refractivity (Wildman–Crippen MR) is 63.1 cm³/mol. The normalized spacial score (nSPS) is 10.7. The monoisotopic (exact) mass is 220 g/mol. The number of hydrogen-bond acceptors (Lipinski definition) is 1. The summed E-state index contributed by atoms with van der Waals surface area (Å²) in [6, 6.07) is 5.93. The molecule has 0 aliphatic carbocycles. The molecule has 0 bridgehead atoms. The summed E-state index contributed by atoms with van der Waals surface area (Å²) >= 11 is 5.93. The summed E-state index contributed by atoms with van der Waals surface area (Å²) < 4.78 is 1.88. The number of benzene rings is 1. The zero-order valence-corrected chi connectivity index (χ0v) is 9.84. The molecule has 0 radical (unpaired) electrons. The second-order valence-electron chi connectivity index (χ2n) is 3.73. The second-order valence-corrected chi connectivity index (χ2v) is 4.16. The standard InChI is InChI=1S/C12H13ClN2/c1-8-6-10(13)4-5-11(8)12-7-14-15(3)9(12)2/h4-7H,1-3H3. The van der Waals surface area contributed by atoms with Crippen molar-refractivity contribution in [3.8, 4) is 11.1 Å². The molecule has 0 amide bonds. The van der Waals surface area contributed by atoms with Crippen LogP contribution in [0.25, 0.3) is 11.1 Å². The summed E-state index contributed by atoms with van der Waals surface area (Å²) in [5.41, 5.74) is 4.72. The molecule has 0 aliphatic heterocycles. The zero-order valence-electron chi connectivity index (χ0n) is 9.08. The summed E-state index contributed by atoms with van der Waals surface area (Å²) in [6.45, 7) is 4.13. The molecular formula is C12H13ClN2. The Morgan fingerprint density at radius 3 is 2.47 bits per heavy atom. The van der Waals surface area contributed by atoms with Gasteiger partial charge in [-0.2, -0.15) is 5.10 Å². The first-order chi connectivity index (χ1) is 7.09. The molecule has 0 saturated heterocycles. The Morgan fingerprint density at radius 1 is 1.20 bits per heavy atom. The van der Waals surface area contributed by atoms with E-state index in [1.165, 1.54) is 22.4 Å². The van der Waals surface area contributed by atoms with E-state index in [2.05, 4.69) is 18.9 Å². The van der Waals surface area contributed by atoms with Gasteiger partial charge in [-0.05, 0) is 37.1 Å². The Bertz CT molecular complexity index is 500. The molecule has 3 heteroatoms. The first-order valence-corrected chi connectivity index (χ1v) is 5.22. The fraction of sp³-hybridized carbons (Fsp3) is 0.250. The van der Waals surface area contributed by atoms with Crippen molar-refractivity contribution >= 4 is 11.6 Å². The smallest absolute Gasteiger partial charge is 0.0571 e. The van der Waals surface area contributed by atoms with Gasteiger partial charge in [0.15, 0.2) is 0 Å². The van der Waals surface area contributed by atoms with Crippen LogP contribution in [0.3, 0.4) is 0 Å². The molecule has 2 rings (SSSR count). The molecule has 78 valence electrons. The van der Waals surface area contributed by atoms with Gasteiger partial charge in [-0.15, -0.1) is 0 Å². The molecule has 1 heterocycles. The molecule has 2 aromatic rings. The first kappa shape index (κ1) is 10.2. The van der Waals surface area contributed by atoms with Gasteiger partial charge in [0.05, 0.1) is 6.20 Å². The van der Waals surface area contributed by atoms with Gasteiger partial charge >= 0.3 is 0 Å². The average Bonchev–Trinajstić information content (AvgIpc) is 2.49. The Labute approximate surface area is 94.5 Å². The van der Waals surface area contributed by atoms with Crippen LogP contribution in [0.5, 0.6) is 0 Å². The highest BCUT2D eigenvalue weighted by atomic mass is 35.5. The van der Waals surface area contributed by atoms with E-state index >= 15 is 0 Å². The second kappa shape index (κ2) is 3.70. The molecule has 2 nitrogen and oxygen atoms in total. The van der Waals surface area contributed by atoms with Gasteiger partial charge in [-0.25, -0.2) is 0 Å².